The number of aliphatic hydroxyl groups excluding tert-OH is 1. The maximum atomic E-state index is 13.1. The number of hydrogen-bond donors (Lipinski definition) is 1. The van der Waals surface area contributed by atoms with Crippen molar-refractivity contribution in [2.75, 3.05) is 57.3 Å². The molecule has 1 N–H and O–H groups in total. The predicted molar refractivity (Wildman–Crippen MR) is 127 cm³/mol. The van der Waals surface area contributed by atoms with E-state index in [1.54, 1.807) is 9.80 Å². The lowest BCUT2D eigenvalue weighted by Gasteiger charge is -2.36. The van der Waals surface area contributed by atoms with Gasteiger partial charge in [-0.25, -0.2) is 0 Å². The van der Waals surface area contributed by atoms with Crippen LogP contribution >= 0.6 is 0 Å². The van der Waals surface area contributed by atoms with E-state index >= 15 is 0 Å². The largest absolute Gasteiger partial charge is 0.390 e. The Kier molecular flexibility index (Phi) is 6.33. The fourth-order valence-corrected chi connectivity index (χ4v) is 5.30. The lowest BCUT2D eigenvalue weighted by molar-refractivity contribution is -0.118. The molecule has 1 unspecified atom stereocenters. The van der Waals surface area contributed by atoms with Crippen molar-refractivity contribution >= 4 is 18.0 Å². The topological polar surface area (TPSA) is 67.3 Å². The van der Waals surface area contributed by atoms with E-state index in [9.17, 15) is 14.7 Å². The van der Waals surface area contributed by atoms with Gasteiger partial charge in [-0.1, -0.05) is 24.3 Å². The third kappa shape index (κ3) is 4.75. The van der Waals surface area contributed by atoms with Crippen molar-refractivity contribution < 1.29 is 14.7 Å². The molecule has 0 saturated carbocycles. The molecule has 174 valence electrons. The number of nitrogens with zero attached hydrogens (tertiary/aromatic N) is 4. The minimum Gasteiger partial charge on any atom is -0.390 e. The van der Waals surface area contributed by atoms with Crippen LogP contribution in [0.3, 0.4) is 0 Å². The first-order valence-electron chi connectivity index (χ1n) is 11.9. The summed E-state index contributed by atoms with van der Waals surface area (Å²) in [7, 11) is 0. The van der Waals surface area contributed by atoms with Gasteiger partial charge in [0, 0.05) is 70.2 Å². The highest BCUT2D eigenvalue weighted by molar-refractivity contribution is 5.97. The number of amides is 2. The van der Waals surface area contributed by atoms with Gasteiger partial charge < -0.3 is 19.8 Å². The molecule has 1 fully saturated rings. The highest BCUT2D eigenvalue weighted by atomic mass is 16.3. The molecule has 3 heterocycles. The number of carbonyl (C=O) groups is 2. The summed E-state index contributed by atoms with van der Waals surface area (Å²) in [6.07, 6.45) is 2.16. The number of piperazine rings is 1. The molecule has 0 spiro atoms. The normalized spacial score (nSPS) is 19.8. The Labute approximate surface area is 195 Å². The summed E-state index contributed by atoms with van der Waals surface area (Å²) in [5, 5.41) is 10.8. The standard InChI is InChI=1S/C26H32N4O3/c31-19-27-11-13-29(14-12-27)23-5-6-25-21(15-23)8-10-30(26(25)33)18-24(32)17-28-9-7-20-3-1-2-4-22(20)16-28/h1-6,15,19,24,32H,7-14,16-18H2. The molecule has 2 aromatic rings. The second kappa shape index (κ2) is 9.53. The summed E-state index contributed by atoms with van der Waals surface area (Å²) in [4.78, 5) is 32.2. The maximum absolute atomic E-state index is 13.1. The van der Waals surface area contributed by atoms with Gasteiger partial charge in [-0.05, 0) is 47.7 Å². The molecule has 33 heavy (non-hydrogen) atoms. The van der Waals surface area contributed by atoms with Crippen LogP contribution in [0.5, 0.6) is 0 Å². The van der Waals surface area contributed by atoms with Gasteiger partial charge in [0.1, 0.15) is 0 Å². The zero-order chi connectivity index (χ0) is 22.8. The molecule has 7 nitrogen and oxygen atoms in total. The van der Waals surface area contributed by atoms with E-state index in [1.807, 2.05) is 12.1 Å². The molecule has 1 saturated heterocycles. The third-order valence-electron chi connectivity index (χ3n) is 7.20. The maximum Gasteiger partial charge on any atom is 0.254 e. The van der Waals surface area contributed by atoms with Gasteiger partial charge in [0.2, 0.25) is 6.41 Å². The van der Waals surface area contributed by atoms with Crippen LogP contribution in [0.2, 0.25) is 0 Å². The van der Waals surface area contributed by atoms with E-state index in [0.29, 0.717) is 19.6 Å². The lowest BCUT2D eigenvalue weighted by atomic mass is 9.97. The Balaban J connectivity index is 1.18. The van der Waals surface area contributed by atoms with E-state index in [-0.39, 0.29) is 5.91 Å². The van der Waals surface area contributed by atoms with Gasteiger partial charge in [-0.3, -0.25) is 14.5 Å². The summed E-state index contributed by atoms with van der Waals surface area (Å²) < 4.78 is 0. The molecule has 0 aromatic heterocycles. The first-order valence-corrected chi connectivity index (χ1v) is 11.9. The van der Waals surface area contributed by atoms with Gasteiger partial charge in [-0.15, -0.1) is 0 Å². The second-order valence-electron chi connectivity index (χ2n) is 9.38. The molecule has 0 aliphatic carbocycles. The summed E-state index contributed by atoms with van der Waals surface area (Å²) in [5.41, 5.74) is 5.67. The Morgan fingerprint density at radius 1 is 0.879 bits per heavy atom. The quantitative estimate of drug-likeness (QED) is 0.677. The molecule has 2 aromatic carbocycles. The van der Waals surface area contributed by atoms with Gasteiger partial charge in [0.05, 0.1) is 6.10 Å². The number of fused-ring (bicyclic) bond motifs is 2. The van der Waals surface area contributed by atoms with E-state index in [2.05, 4.69) is 40.1 Å². The van der Waals surface area contributed by atoms with Crippen molar-refractivity contribution in [3.8, 4) is 0 Å². The van der Waals surface area contributed by atoms with Crippen molar-refractivity contribution in [1.29, 1.82) is 0 Å². The molecular weight excluding hydrogens is 416 g/mol. The SMILES string of the molecule is O=CN1CCN(c2ccc3c(c2)CCN(CC(O)CN2CCc4ccccc4C2)C3=O)CC1. The van der Waals surface area contributed by atoms with Crippen LogP contribution in [0, 0.1) is 0 Å². The average molecular weight is 449 g/mol. The van der Waals surface area contributed by atoms with Gasteiger partial charge >= 0.3 is 0 Å². The molecule has 7 heteroatoms. The average Bonchev–Trinajstić information content (AvgIpc) is 2.85. The van der Waals surface area contributed by atoms with E-state index in [0.717, 1.165) is 75.3 Å². The van der Waals surface area contributed by atoms with Crippen LogP contribution in [-0.4, -0.2) is 90.6 Å². The molecule has 0 bridgehead atoms. The van der Waals surface area contributed by atoms with Gasteiger partial charge in [-0.2, -0.15) is 0 Å². The molecular formula is C26H32N4O3. The first-order chi connectivity index (χ1) is 16.1. The second-order valence-corrected chi connectivity index (χ2v) is 9.38. The lowest BCUT2D eigenvalue weighted by Crippen LogP contribution is -2.47. The van der Waals surface area contributed by atoms with Crippen LogP contribution in [0.4, 0.5) is 5.69 Å². The molecule has 3 aliphatic heterocycles. The Hall–Kier alpha value is -2.90. The fourth-order valence-electron chi connectivity index (χ4n) is 5.30. The van der Waals surface area contributed by atoms with E-state index in [4.69, 9.17) is 0 Å². The Morgan fingerprint density at radius 2 is 1.64 bits per heavy atom. The zero-order valence-electron chi connectivity index (χ0n) is 19.0. The summed E-state index contributed by atoms with van der Waals surface area (Å²) in [6.45, 7) is 6.45. The van der Waals surface area contributed by atoms with Crippen LogP contribution in [0.25, 0.3) is 0 Å². The van der Waals surface area contributed by atoms with Crippen molar-refractivity contribution in [3.05, 3.63) is 64.7 Å². The van der Waals surface area contributed by atoms with Crippen LogP contribution in [0.1, 0.15) is 27.0 Å². The first kappa shape index (κ1) is 21.9. The molecule has 5 rings (SSSR count). The van der Waals surface area contributed by atoms with Crippen molar-refractivity contribution in [2.24, 2.45) is 0 Å². The smallest absolute Gasteiger partial charge is 0.254 e. The predicted octanol–water partition coefficient (Wildman–Crippen LogP) is 1.38. The number of benzene rings is 2. The molecule has 1 atom stereocenters. The van der Waals surface area contributed by atoms with Crippen LogP contribution in [0.15, 0.2) is 42.5 Å². The Bertz CT molecular complexity index is 1020. The van der Waals surface area contributed by atoms with Crippen LogP contribution in [-0.2, 0) is 24.2 Å². The van der Waals surface area contributed by atoms with E-state index in [1.165, 1.54) is 11.1 Å². The van der Waals surface area contributed by atoms with Crippen molar-refractivity contribution in [1.82, 2.24) is 14.7 Å². The minimum absolute atomic E-state index is 0.0108. The van der Waals surface area contributed by atoms with Gasteiger partial charge in [0.25, 0.3) is 5.91 Å². The number of aliphatic hydroxyl groups is 1. The summed E-state index contributed by atoms with van der Waals surface area (Å²) >= 11 is 0. The number of hydrogen-bond acceptors (Lipinski definition) is 5. The van der Waals surface area contributed by atoms with Crippen LogP contribution < -0.4 is 4.90 Å². The number of carbonyl (C=O) groups excluding carboxylic acids is 2. The monoisotopic (exact) mass is 448 g/mol. The van der Waals surface area contributed by atoms with Gasteiger partial charge in [0.15, 0.2) is 0 Å². The zero-order valence-corrected chi connectivity index (χ0v) is 19.0. The van der Waals surface area contributed by atoms with Crippen molar-refractivity contribution in [3.63, 3.8) is 0 Å². The minimum atomic E-state index is -0.561. The summed E-state index contributed by atoms with van der Waals surface area (Å²) in [5.74, 6) is 0.0108. The third-order valence-corrected chi connectivity index (χ3v) is 7.20. The fraction of sp³-hybridized carbons (Fsp3) is 0.462. The van der Waals surface area contributed by atoms with Crippen molar-refractivity contribution in [2.45, 2.75) is 25.5 Å². The number of rotatable bonds is 6. The Morgan fingerprint density at radius 3 is 2.42 bits per heavy atom. The number of β-amino-alcohol motifs (C(OH)–C–C–N with tert-alkyl or cyclic N) is 1. The molecule has 3 aliphatic rings. The van der Waals surface area contributed by atoms with E-state index < -0.39 is 6.10 Å². The highest BCUT2D eigenvalue weighted by Gasteiger charge is 2.28. The summed E-state index contributed by atoms with van der Waals surface area (Å²) in [6, 6.07) is 14.6. The molecule has 2 amide bonds. The highest BCUT2D eigenvalue weighted by Crippen LogP contribution is 2.26. The molecule has 0 radical (unpaired) electrons. The number of anilines is 1.